The second kappa shape index (κ2) is 8.65. The normalized spacial score (nSPS) is 12.8. The van der Waals surface area contributed by atoms with E-state index in [-0.39, 0.29) is 0 Å². The van der Waals surface area contributed by atoms with Gasteiger partial charge < -0.3 is 10.6 Å². The first-order valence-corrected chi connectivity index (χ1v) is 7.87. The van der Waals surface area contributed by atoms with Gasteiger partial charge in [-0.1, -0.05) is 6.07 Å². The molecule has 2 heterocycles. The van der Waals surface area contributed by atoms with Crippen LogP contribution in [0.3, 0.4) is 0 Å². The molecule has 0 fully saturated rings. The van der Waals surface area contributed by atoms with Crippen molar-refractivity contribution in [3.8, 4) is 0 Å². The lowest BCUT2D eigenvalue weighted by Crippen LogP contribution is -2.39. The average molecular weight is 357 g/mol. The fourth-order valence-corrected chi connectivity index (χ4v) is 2.34. The molecule has 2 aromatic rings. The highest BCUT2D eigenvalue weighted by Crippen LogP contribution is 2.15. The smallest absolute Gasteiger partial charge is 0.356 e. The van der Waals surface area contributed by atoms with Crippen LogP contribution in [0.1, 0.15) is 12.2 Å². The molecule has 0 unspecified atom stereocenters. The molecule has 0 atom stereocenters. The van der Waals surface area contributed by atoms with Crippen molar-refractivity contribution in [3.63, 3.8) is 0 Å². The molecule has 0 aliphatic heterocycles. The summed E-state index contributed by atoms with van der Waals surface area (Å²) in [4.78, 5) is 5.34. The van der Waals surface area contributed by atoms with Crippen LogP contribution in [0.15, 0.2) is 29.4 Å². The molecule has 0 radical (unpaired) electrons. The minimum atomic E-state index is -4.17. The van der Waals surface area contributed by atoms with Crippen molar-refractivity contribution in [2.24, 2.45) is 4.99 Å². The summed E-state index contributed by atoms with van der Waals surface area (Å²) in [6.07, 6.45) is -1.72. The van der Waals surface area contributed by atoms with Crippen molar-refractivity contribution in [2.75, 3.05) is 33.7 Å². The minimum Gasteiger partial charge on any atom is -0.356 e. The van der Waals surface area contributed by atoms with Gasteiger partial charge in [0.15, 0.2) is 17.4 Å². The Morgan fingerprint density at radius 3 is 2.80 bits per heavy atom. The standard InChI is InChI=1S/C15H22F3N7/c1-19-14(20-7-5-8-24(2)11-15(16,17)18)21-10-13-23-22-12-6-3-4-9-25(12)13/h3-4,6,9H,5,7-8,10-11H2,1-2H3,(H2,19,20,21). The van der Waals surface area contributed by atoms with Gasteiger partial charge in [0, 0.05) is 19.8 Å². The molecule has 0 amide bonds. The molecule has 7 nitrogen and oxygen atoms in total. The van der Waals surface area contributed by atoms with Crippen molar-refractivity contribution in [2.45, 2.75) is 19.1 Å². The summed E-state index contributed by atoms with van der Waals surface area (Å²) in [5.41, 5.74) is 0.759. The van der Waals surface area contributed by atoms with Gasteiger partial charge in [0.25, 0.3) is 0 Å². The average Bonchev–Trinajstić information content (AvgIpc) is 2.96. The predicted molar refractivity (Wildman–Crippen MR) is 89.4 cm³/mol. The van der Waals surface area contributed by atoms with Crippen LogP contribution >= 0.6 is 0 Å². The van der Waals surface area contributed by atoms with Crippen LogP contribution in [0, 0.1) is 0 Å². The molecule has 0 aliphatic rings. The van der Waals surface area contributed by atoms with Gasteiger partial charge in [-0.05, 0) is 32.1 Å². The molecule has 0 aromatic carbocycles. The summed E-state index contributed by atoms with van der Waals surface area (Å²) in [7, 11) is 3.09. The number of fused-ring (bicyclic) bond motifs is 1. The van der Waals surface area contributed by atoms with Crippen LogP contribution in [0.25, 0.3) is 5.65 Å². The van der Waals surface area contributed by atoms with Crippen molar-refractivity contribution in [1.82, 2.24) is 30.1 Å². The van der Waals surface area contributed by atoms with E-state index in [9.17, 15) is 13.2 Å². The van der Waals surface area contributed by atoms with Crippen molar-refractivity contribution in [1.29, 1.82) is 0 Å². The van der Waals surface area contributed by atoms with Crippen molar-refractivity contribution < 1.29 is 13.2 Å². The number of nitrogens with zero attached hydrogens (tertiary/aromatic N) is 5. The van der Waals surface area contributed by atoms with Gasteiger partial charge in [-0.25, -0.2) is 0 Å². The number of pyridine rings is 1. The lowest BCUT2D eigenvalue weighted by molar-refractivity contribution is -0.143. The van der Waals surface area contributed by atoms with Crippen LogP contribution in [0.2, 0.25) is 0 Å². The van der Waals surface area contributed by atoms with E-state index in [1.165, 1.54) is 11.9 Å². The van der Waals surface area contributed by atoms with Crippen molar-refractivity contribution >= 4 is 11.6 Å². The quantitative estimate of drug-likeness (QED) is 0.444. The van der Waals surface area contributed by atoms with E-state index in [4.69, 9.17) is 0 Å². The zero-order valence-electron chi connectivity index (χ0n) is 14.2. The third kappa shape index (κ3) is 6.22. The Balaban J connectivity index is 1.72. The summed E-state index contributed by atoms with van der Waals surface area (Å²) in [5, 5.41) is 14.4. The first-order chi connectivity index (χ1) is 11.9. The summed E-state index contributed by atoms with van der Waals surface area (Å²) in [6.45, 7) is 0.388. The molecule has 0 saturated heterocycles. The minimum absolute atomic E-state index is 0.346. The van der Waals surface area contributed by atoms with Crippen LogP contribution < -0.4 is 10.6 Å². The summed E-state index contributed by atoms with van der Waals surface area (Å²) >= 11 is 0. The maximum absolute atomic E-state index is 12.2. The van der Waals surface area contributed by atoms with E-state index in [1.54, 1.807) is 7.05 Å². The van der Waals surface area contributed by atoms with E-state index >= 15 is 0 Å². The third-order valence-electron chi connectivity index (χ3n) is 3.48. The second-order valence-electron chi connectivity index (χ2n) is 5.60. The van der Waals surface area contributed by atoms with Gasteiger partial charge >= 0.3 is 6.18 Å². The Morgan fingerprint density at radius 1 is 1.28 bits per heavy atom. The number of guanidine groups is 1. The van der Waals surface area contributed by atoms with Crippen LogP contribution in [0.5, 0.6) is 0 Å². The Bertz CT molecular complexity index is 696. The largest absolute Gasteiger partial charge is 0.401 e. The molecule has 0 saturated carbocycles. The van der Waals surface area contributed by atoms with Crippen LogP contribution in [0.4, 0.5) is 13.2 Å². The molecule has 0 spiro atoms. The van der Waals surface area contributed by atoms with Crippen LogP contribution in [-0.2, 0) is 6.54 Å². The highest BCUT2D eigenvalue weighted by Gasteiger charge is 2.28. The lowest BCUT2D eigenvalue weighted by atomic mass is 10.4. The van der Waals surface area contributed by atoms with E-state index in [1.807, 2.05) is 28.8 Å². The number of rotatable bonds is 7. The number of hydrogen-bond acceptors (Lipinski definition) is 4. The molecular weight excluding hydrogens is 335 g/mol. The monoisotopic (exact) mass is 357 g/mol. The fraction of sp³-hybridized carbons (Fsp3) is 0.533. The van der Waals surface area contributed by atoms with E-state index < -0.39 is 12.7 Å². The number of halogens is 3. The Labute approximate surface area is 143 Å². The van der Waals surface area contributed by atoms with E-state index in [0.29, 0.717) is 32.0 Å². The van der Waals surface area contributed by atoms with Gasteiger partial charge in [-0.3, -0.25) is 14.3 Å². The highest BCUT2D eigenvalue weighted by atomic mass is 19.4. The summed E-state index contributed by atoms with van der Waals surface area (Å²) in [5.74, 6) is 1.30. The maximum atomic E-state index is 12.2. The number of hydrogen-bond donors (Lipinski definition) is 2. The summed E-state index contributed by atoms with van der Waals surface area (Å²) < 4.78 is 38.6. The van der Waals surface area contributed by atoms with Gasteiger partial charge in [-0.2, -0.15) is 13.2 Å². The molecule has 138 valence electrons. The molecule has 2 rings (SSSR count). The first kappa shape index (κ1) is 19.0. The number of nitrogens with one attached hydrogen (secondary N) is 2. The molecular formula is C15H22F3N7. The van der Waals surface area contributed by atoms with Gasteiger partial charge in [-0.15, -0.1) is 10.2 Å². The Kier molecular flexibility index (Phi) is 6.57. The Morgan fingerprint density at radius 2 is 2.08 bits per heavy atom. The number of aromatic nitrogens is 3. The SMILES string of the molecule is CN=C(NCCCN(C)CC(F)(F)F)NCc1nnc2ccccn12. The van der Waals surface area contributed by atoms with Crippen molar-refractivity contribution in [3.05, 3.63) is 30.2 Å². The first-order valence-electron chi connectivity index (χ1n) is 7.87. The zero-order chi connectivity index (χ0) is 18.3. The summed E-state index contributed by atoms with van der Waals surface area (Å²) in [6, 6.07) is 5.64. The zero-order valence-corrected chi connectivity index (χ0v) is 14.2. The number of aliphatic imine (C=N–C) groups is 1. The molecule has 0 bridgehead atoms. The molecule has 0 aliphatic carbocycles. The third-order valence-corrected chi connectivity index (χ3v) is 3.48. The number of alkyl halides is 3. The highest BCUT2D eigenvalue weighted by molar-refractivity contribution is 5.79. The van der Waals surface area contributed by atoms with E-state index in [2.05, 4.69) is 25.8 Å². The van der Waals surface area contributed by atoms with Gasteiger partial charge in [0.2, 0.25) is 0 Å². The predicted octanol–water partition coefficient (Wildman–Crippen LogP) is 1.28. The molecule has 10 heteroatoms. The van der Waals surface area contributed by atoms with Gasteiger partial charge in [0.05, 0.1) is 13.1 Å². The second-order valence-corrected chi connectivity index (χ2v) is 5.60. The molecule has 2 aromatic heterocycles. The topological polar surface area (TPSA) is 69.8 Å². The fourth-order valence-electron chi connectivity index (χ4n) is 2.34. The Hall–Kier alpha value is -2.36. The van der Waals surface area contributed by atoms with Gasteiger partial charge in [0.1, 0.15) is 0 Å². The lowest BCUT2D eigenvalue weighted by Gasteiger charge is -2.18. The molecule has 2 N–H and O–H groups in total. The van der Waals surface area contributed by atoms with E-state index in [0.717, 1.165) is 11.5 Å². The van der Waals surface area contributed by atoms with Crippen LogP contribution in [-0.4, -0.2) is 65.4 Å². The molecule has 25 heavy (non-hydrogen) atoms. The maximum Gasteiger partial charge on any atom is 0.401 e.